The Labute approximate surface area is 210 Å². The molecule has 35 heavy (non-hydrogen) atoms. The van der Waals surface area contributed by atoms with Crippen LogP contribution in [0.2, 0.25) is 5.02 Å². The molecular formula is C22H21ClF2N6O2S2. The van der Waals surface area contributed by atoms with Crippen LogP contribution in [0.25, 0.3) is 5.57 Å². The lowest BCUT2D eigenvalue weighted by Gasteiger charge is -2.32. The maximum Gasteiger partial charge on any atom is 0.333 e. The van der Waals surface area contributed by atoms with E-state index in [0.717, 1.165) is 17.5 Å². The second-order valence-electron chi connectivity index (χ2n) is 8.47. The summed E-state index contributed by atoms with van der Waals surface area (Å²) in [5.41, 5.74) is 3.56. The molecule has 5 rings (SSSR count). The average molecular weight is 539 g/mol. The maximum absolute atomic E-state index is 13.4. The standard InChI is InChI=1S/C22H21ClF2N6O2S2/c1-12-3-4-15(16(23)7-12)19-18(13-9-27-31(10-13)22(24)25)17-8-14(29-35(2,32)33)11-30(17)20(28-19)21-26-5-6-34-21/h3-7,9-10,14,19,22,29H,8,11H2,1-2H3/t14-,19-/m0/s1. The Morgan fingerprint density at radius 1 is 1.31 bits per heavy atom. The van der Waals surface area contributed by atoms with Crippen molar-refractivity contribution in [1.29, 1.82) is 0 Å². The van der Waals surface area contributed by atoms with E-state index in [9.17, 15) is 17.2 Å². The number of hydrogen-bond acceptors (Lipinski definition) is 7. The van der Waals surface area contributed by atoms with Crippen LogP contribution in [0.1, 0.15) is 40.7 Å². The number of fused-ring (bicyclic) bond motifs is 1. The van der Waals surface area contributed by atoms with Crippen LogP contribution in [0.15, 0.2) is 52.9 Å². The van der Waals surface area contributed by atoms with Crippen molar-refractivity contribution >= 4 is 44.4 Å². The number of aromatic nitrogens is 3. The van der Waals surface area contributed by atoms with Crippen LogP contribution in [-0.4, -0.2) is 52.8 Å². The van der Waals surface area contributed by atoms with Crippen LogP contribution in [0.3, 0.4) is 0 Å². The number of aliphatic imine (C=N–C) groups is 1. The van der Waals surface area contributed by atoms with Crippen molar-refractivity contribution in [3.05, 3.63) is 74.6 Å². The molecule has 0 saturated carbocycles. The molecule has 3 aromatic rings. The van der Waals surface area contributed by atoms with E-state index in [4.69, 9.17) is 16.6 Å². The van der Waals surface area contributed by atoms with Gasteiger partial charge in [0.05, 0.1) is 12.5 Å². The van der Waals surface area contributed by atoms with Gasteiger partial charge in [0.2, 0.25) is 10.0 Å². The van der Waals surface area contributed by atoms with Gasteiger partial charge in [-0.15, -0.1) is 11.3 Å². The van der Waals surface area contributed by atoms with E-state index in [1.807, 2.05) is 35.4 Å². The van der Waals surface area contributed by atoms with Gasteiger partial charge in [-0.2, -0.15) is 13.9 Å². The lowest BCUT2D eigenvalue weighted by Crippen LogP contribution is -2.38. The minimum absolute atomic E-state index is 0.321. The first kappa shape index (κ1) is 24.0. The van der Waals surface area contributed by atoms with E-state index in [2.05, 4.69) is 14.8 Å². The summed E-state index contributed by atoms with van der Waals surface area (Å²) < 4.78 is 54.0. The predicted molar refractivity (Wildman–Crippen MR) is 131 cm³/mol. The predicted octanol–water partition coefficient (Wildman–Crippen LogP) is 4.23. The highest BCUT2D eigenvalue weighted by molar-refractivity contribution is 7.88. The summed E-state index contributed by atoms with van der Waals surface area (Å²) in [5, 5.41) is 6.82. The molecule has 2 aromatic heterocycles. The van der Waals surface area contributed by atoms with Crippen LogP contribution in [-0.2, 0) is 10.0 Å². The summed E-state index contributed by atoms with van der Waals surface area (Å²) in [6.45, 7) is -0.553. The highest BCUT2D eigenvalue weighted by atomic mass is 35.5. The molecule has 2 aliphatic heterocycles. The Hall–Kier alpha value is -2.67. The molecule has 2 atom stereocenters. The highest BCUT2D eigenvalue weighted by Crippen LogP contribution is 2.46. The quantitative estimate of drug-likeness (QED) is 0.507. The third kappa shape index (κ3) is 4.75. The molecule has 0 unspecified atom stereocenters. The number of benzene rings is 1. The molecule has 1 N–H and O–H groups in total. The molecule has 13 heteroatoms. The summed E-state index contributed by atoms with van der Waals surface area (Å²) in [6.07, 6.45) is 5.78. The van der Waals surface area contributed by atoms with Gasteiger partial charge < -0.3 is 4.90 Å². The van der Waals surface area contributed by atoms with E-state index >= 15 is 0 Å². The van der Waals surface area contributed by atoms with E-state index in [0.29, 0.717) is 50.2 Å². The van der Waals surface area contributed by atoms with Crippen LogP contribution in [0, 0.1) is 6.92 Å². The largest absolute Gasteiger partial charge is 0.333 e. The van der Waals surface area contributed by atoms with Crippen molar-refractivity contribution in [2.75, 3.05) is 12.8 Å². The molecule has 0 aliphatic carbocycles. The van der Waals surface area contributed by atoms with Crippen LogP contribution < -0.4 is 4.72 Å². The third-order valence-electron chi connectivity index (χ3n) is 5.83. The minimum Gasteiger partial charge on any atom is -0.326 e. The monoisotopic (exact) mass is 538 g/mol. The van der Waals surface area contributed by atoms with Gasteiger partial charge in [0.25, 0.3) is 0 Å². The van der Waals surface area contributed by atoms with Gasteiger partial charge in [-0.05, 0) is 24.1 Å². The number of nitrogens with one attached hydrogen (secondary N) is 1. The molecule has 0 spiro atoms. The number of thiazole rings is 1. The van der Waals surface area contributed by atoms with Crippen LogP contribution in [0.5, 0.6) is 0 Å². The van der Waals surface area contributed by atoms with E-state index in [-0.39, 0.29) is 0 Å². The fourth-order valence-electron chi connectivity index (χ4n) is 4.50. The number of nitrogens with zero attached hydrogens (tertiary/aromatic N) is 5. The highest BCUT2D eigenvalue weighted by Gasteiger charge is 2.41. The Kier molecular flexibility index (Phi) is 6.24. The van der Waals surface area contributed by atoms with Crippen molar-refractivity contribution in [2.45, 2.75) is 32.0 Å². The molecular weight excluding hydrogens is 518 g/mol. The zero-order chi connectivity index (χ0) is 24.9. The first-order valence-electron chi connectivity index (χ1n) is 10.6. The zero-order valence-corrected chi connectivity index (χ0v) is 21.1. The number of aryl methyl sites for hydroxylation is 1. The smallest absolute Gasteiger partial charge is 0.326 e. The van der Waals surface area contributed by atoms with Crippen LogP contribution in [0.4, 0.5) is 8.78 Å². The number of amidine groups is 1. The number of halogens is 3. The van der Waals surface area contributed by atoms with Crippen molar-refractivity contribution in [1.82, 2.24) is 24.4 Å². The van der Waals surface area contributed by atoms with Gasteiger partial charge in [-0.25, -0.2) is 22.8 Å². The average Bonchev–Trinajstić information content (AvgIpc) is 3.52. The fraction of sp³-hybridized carbons (Fsp3) is 0.318. The number of rotatable bonds is 6. The van der Waals surface area contributed by atoms with Crippen molar-refractivity contribution in [3.8, 4) is 0 Å². The topological polar surface area (TPSA) is 92.5 Å². The lowest BCUT2D eigenvalue weighted by molar-refractivity contribution is 0.0566. The van der Waals surface area contributed by atoms with Gasteiger partial charge in [0.1, 0.15) is 6.04 Å². The Morgan fingerprint density at radius 3 is 2.74 bits per heavy atom. The van der Waals surface area contributed by atoms with Gasteiger partial charge in [-0.1, -0.05) is 23.7 Å². The Balaban J connectivity index is 1.72. The van der Waals surface area contributed by atoms with E-state index in [1.54, 1.807) is 6.20 Å². The summed E-state index contributed by atoms with van der Waals surface area (Å²) in [4.78, 5) is 11.4. The van der Waals surface area contributed by atoms with E-state index < -0.39 is 28.7 Å². The first-order chi connectivity index (χ1) is 16.6. The van der Waals surface area contributed by atoms with Crippen LogP contribution >= 0.6 is 22.9 Å². The zero-order valence-electron chi connectivity index (χ0n) is 18.7. The van der Waals surface area contributed by atoms with Crippen molar-refractivity contribution in [3.63, 3.8) is 0 Å². The molecule has 1 saturated heterocycles. The molecule has 4 heterocycles. The summed E-state index contributed by atoms with van der Waals surface area (Å²) in [6, 6.07) is 4.56. The molecule has 0 bridgehead atoms. The summed E-state index contributed by atoms with van der Waals surface area (Å²) >= 11 is 8.06. The number of alkyl halides is 2. The molecule has 1 aromatic carbocycles. The van der Waals surface area contributed by atoms with Gasteiger partial charge in [0.15, 0.2) is 10.8 Å². The second-order valence-corrected chi connectivity index (χ2v) is 11.5. The normalized spacial score (nSPS) is 20.5. The fourth-order valence-corrected chi connectivity index (χ4v) is 6.24. The molecule has 0 radical (unpaired) electrons. The van der Waals surface area contributed by atoms with Gasteiger partial charge in [-0.3, -0.25) is 4.99 Å². The summed E-state index contributed by atoms with van der Waals surface area (Å²) in [5.74, 6) is 0.583. The molecule has 184 valence electrons. The maximum atomic E-state index is 13.4. The summed E-state index contributed by atoms with van der Waals surface area (Å²) in [7, 11) is -3.48. The van der Waals surface area contributed by atoms with Gasteiger partial charge >= 0.3 is 6.55 Å². The molecule has 1 fully saturated rings. The lowest BCUT2D eigenvalue weighted by atomic mass is 9.90. The SMILES string of the molecule is Cc1ccc([C@@H]2N=C(c3nccs3)N3C[C@@H](NS(C)(=O)=O)CC3=C2c2cnn(C(F)F)c2)c(Cl)c1. The van der Waals surface area contributed by atoms with E-state index in [1.165, 1.54) is 23.7 Å². The Bertz CT molecular complexity index is 1440. The Morgan fingerprint density at radius 2 is 2.11 bits per heavy atom. The third-order valence-corrected chi connectivity index (χ3v) is 7.69. The number of hydrogen-bond donors (Lipinski definition) is 1. The molecule has 2 aliphatic rings. The van der Waals surface area contributed by atoms with Gasteiger partial charge in [0, 0.05) is 58.6 Å². The second kappa shape index (κ2) is 9.08. The number of sulfonamides is 1. The molecule has 0 amide bonds. The van der Waals surface area contributed by atoms with Crippen molar-refractivity contribution < 1.29 is 17.2 Å². The first-order valence-corrected chi connectivity index (χ1v) is 13.8. The minimum atomic E-state index is -3.48. The molecule has 8 nitrogen and oxygen atoms in total. The van der Waals surface area contributed by atoms with Crippen molar-refractivity contribution in [2.24, 2.45) is 4.99 Å².